The largest absolute Gasteiger partial charge is 0.497 e. The van der Waals surface area contributed by atoms with Gasteiger partial charge in [0.1, 0.15) is 23.2 Å². The Kier molecular flexibility index (Phi) is 11.3. The first kappa shape index (κ1) is 34.7. The lowest BCUT2D eigenvalue weighted by atomic mass is 9.90. The van der Waals surface area contributed by atoms with E-state index < -0.39 is 11.7 Å². The van der Waals surface area contributed by atoms with E-state index >= 15 is 0 Å². The van der Waals surface area contributed by atoms with Crippen molar-refractivity contribution >= 4 is 23.5 Å². The average Bonchev–Trinajstić information content (AvgIpc) is 3.51. The van der Waals surface area contributed by atoms with E-state index in [1.807, 2.05) is 69.3 Å². The van der Waals surface area contributed by atoms with Crippen LogP contribution in [0, 0.1) is 5.92 Å². The van der Waals surface area contributed by atoms with Gasteiger partial charge in [0.05, 0.1) is 26.1 Å². The molecule has 12 nitrogen and oxygen atoms in total. The van der Waals surface area contributed by atoms with Gasteiger partial charge in [0.2, 0.25) is 5.95 Å². The number of methoxy groups -OCH3 is 2. The van der Waals surface area contributed by atoms with Gasteiger partial charge in [0, 0.05) is 32.7 Å². The molecule has 1 aliphatic rings. The first-order valence-corrected chi connectivity index (χ1v) is 16.7. The maximum Gasteiger partial charge on any atom is 0.410 e. The van der Waals surface area contributed by atoms with Crippen molar-refractivity contribution in [3.8, 4) is 11.5 Å². The number of rotatable bonds is 13. The first-order chi connectivity index (χ1) is 23.1. The van der Waals surface area contributed by atoms with Gasteiger partial charge in [-0.1, -0.05) is 37.6 Å². The summed E-state index contributed by atoms with van der Waals surface area (Å²) in [6.45, 7) is 10.6. The number of anilines is 2. The molecule has 2 aromatic heterocycles. The molecule has 48 heavy (non-hydrogen) atoms. The molecule has 0 spiro atoms. The van der Waals surface area contributed by atoms with Crippen LogP contribution in [-0.4, -0.2) is 75.1 Å². The van der Waals surface area contributed by atoms with E-state index in [2.05, 4.69) is 17.1 Å². The molecule has 1 atom stereocenters. The fraction of sp³-hybridized carbons (Fsp3) is 0.500. The van der Waals surface area contributed by atoms with Crippen LogP contribution in [0.2, 0.25) is 0 Å². The number of piperidine rings is 1. The second-order valence-corrected chi connectivity index (χ2v) is 13.3. The van der Waals surface area contributed by atoms with Crippen LogP contribution in [0.3, 0.4) is 0 Å². The third-order valence-electron chi connectivity index (χ3n) is 8.49. The van der Waals surface area contributed by atoms with E-state index in [4.69, 9.17) is 29.3 Å². The van der Waals surface area contributed by atoms with E-state index in [9.17, 15) is 9.90 Å². The standard InChI is InChI=1S/C36H49N7O5/c1-7-8-19-37-34-39-33(42(23-25-9-13-28(46-5)14-10-25)24-26-11-15-29(47-6)16-12-26)32-38-22-30(43(32)40-34)31(44)27-17-20-41(21-18-27)35(45)48-36(2,3)4/h9-16,22,27,31,44H,7-8,17-21,23-24H2,1-6H3,(H,37,40). The number of aliphatic hydroxyl groups is 1. The molecular formula is C36H49N7O5. The van der Waals surface area contributed by atoms with Crippen molar-refractivity contribution in [1.29, 1.82) is 0 Å². The summed E-state index contributed by atoms with van der Waals surface area (Å²) >= 11 is 0. The highest BCUT2D eigenvalue weighted by atomic mass is 16.6. The molecule has 1 saturated heterocycles. The molecule has 1 amide bonds. The van der Waals surface area contributed by atoms with Crippen molar-refractivity contribution in [2.45, 2.75) is 78.2 Å². The van der Waals surface area contributed by atoms with Crippen molar-refractivity contribution in [2.24, 2.45) is 5.92 Å². The number of benzene rings is 2. The summed E-state index contributed by atoms with van der Waals surface area (Å²) < 4.78 is 18.1. The number of nitrogens with zero attached hydrogens (tertiary/aromatic N) is 6. The van der Waals surface area contributed by atoms with Gasteiger partial charge in [-0.3, -0.25) is 0 Å². The lowest BCUT2D eigenvalue weighted by Crippen LogP contribution is -2.42. The van der Waals surface area contributed by atoms with Crippen molar-refractivity contribution in [1.82, 2.24) is 24.5 Å². The molecule has 1 aliphatic heterocycles. The zero-order valence-electron chi connectivity index (χ0n) is 29.0. The van der Waals surface area contributed by atoms with Crippen molar-refractivity contribution in [3.63, 3.8) is 0 Å². The van der Waals surface area contributed by atoms with Crippen molar-refractivity contribution < 1.29 is 24.1 Å². The van der Waals surface area contributed by atoms with Gasteiger partial charge in [0.15, 0.2) is 11.5 Å². The Morgan fingerprint density at radius 1 is 1.00 bits per heavy atom. The number of fused-ring (bicyclic) bond motifs is 1. The van der Waals surface area contributed by atoms with Crippen LogP contribution >= 0.6 is 0 Å². The first-order valence-electron chi connectivity index (χ1n) is 16.7. The summed E-state index contributed by atoms with van der Waals surface area (Å²) in [5.41, 5.74) is 2.74. The lowest BCUT2D eigenvalue weighted by Gasteiger charge is -2.35. The Hall–Kier alpha value is -4.58. The molecule has 258 valence electrons. The molecule has 5 rings (SSSR count). The predicted molar refractivity (Wildman–Crippen MR) is 186 cm³/mol. The number of carbonyl (C=O) groups excluding carboxylic acids is 1. The molecule has 0 radical (unpaired) electrons. The van der Waals surface area contributed by atoms with E-state index in [1.165, 1.54) is 0 Å². The average molecular weight is 660 g/mol. The van der Waals surface area contributed by atoms with Gasteiger partial charge in [0.25, 0.3) is 0 Å². The third-order valence-corrected chi connectivity index (χ3v) is 8.49. The topological polar surface area (TPSA) is 127 Å². The normalized spacial score (nSPS) is 14.5. The predicted octanol–water partition coefficient (Wildman–Crippen LogP) is 6.24. The minimum Gasteiger partial charge on any atom is -0.497 e. The van der Waals surface area contributed by atoms with Crippen LogP contribution < -0.4 is 19.7 Å². The molecule has 2 aromatic carbocycles. The molecule has 1 unspecified atom stereocenters. The van der Waals surface area contributed by atoms with Crippen LogP contribution in [0.5, 0.6) is 11.5 Å². The molecule has 0 bridgehead atoms. The Labute approximate surface area is 283 Å². The number of ether oxygens (including phenoxy) is 3. The summed E-state index contributed by atoms with van der Waals surface area (Å²) in [5.74, 6) is 2.61. The molecule has 3 heterocycles. The van der Waals surface area contributed by atoms with Gasteiger partial charge in [-0.2, -0.15) is 4.98 Å². The smallest absolute Gasteiger partial charge is 0.410 e. The molecular weight excluding hydrogens is 610 g/mol. The fourth-order valence-electron chi connectivity index (χ4n) is 5.82. The number of carbonyl (C=O) groups is 1. The Bertz CT molecular complexity index is 1580. The Morgan fingerprint density at radius 2 is 1.58 bits per heavy atom. The second-order valence-electron chi connectivity index (χ2n) is 13.3. The third kappa shape index (κ3) is 8.66. The van der Waals surface area contributed by atoms with Crippen molar-refractivity contribution in [3.05, 3.63) is 71.5 Å². The zero-order chi connectivity index (χ0) is 34.3. The van der Waals surface area contributed by atoms with Crippen LogP contribution in [0.25, 0.3) is 5.65 Å². The van der Waals surface area contributed by atoms with Crippen LogP contribution in [0.1, 0.15) is 76.3 Å². The van der Waals surface area contributed by atoms with E-state index in [-0.39, 0.29) is 12.0 Å². The van der Waals surface area contributed by atoms with Crippen LogP contribution in [0.15, 0.2) is 54.7 Å². The van der Waals surface area contributed by atoms with E-state index in [0.717, 1.165) is 35.5 Å². The number of aromatic nitrogens is 4. The number of imidazole rings is 1. The highest BCUT2D eigenvalue weighted by Crippen LogP contribution is 2.33. The molecule has 0 aliphatic carbocycles. The van der Waals surface area contributed by atoms with E-state index in [0.29, 0.717) is 68.7 Å². The summed E-state index contributed by atoms with van der Waals surface area (Å²) in [4.78, 5) is 26.4. The maximum absolute atomic E-state index is 12.7. The van der Waals surface area contributed by atoms with Gasteiger partial charge in [-0.15, -0.1) is 5.10 Å². The van der Waals surface area contributed by atoms with Crippen LogP contribution in [-0.2, 0) is 17.8 Å². The number of aliphatic hydroxyl groups excluding tert-OH is 1. The highest BCUT2D eigenvalue weighted by molar-refractivity contribution is 5.68. The van der Waals surface area contributed by atoms with Gasteiger partial charge < -0.3 is 34.4 Å². The summed E-state index contributed by atoms with van der Waals surface area (Å²) in [7, 11) is 3.31. The monoisotopic (exact) mass is 659 g/mol. The quantitative estimate of drug-likeness (QED) is 0.159. The lowest BCUT2D eigenvalue weighted by molar-refractivity contribution is 0.00690. The molecule has 4 aromatic rings. The Balaban J connectivity index is 1.48. The second kappa shape index (κ2) is 15.5. The summed E-state index contributed by atoms with van der Waals surface area (Å²) in [6, 6.07) is 16.0. The van der Waals surface area contributed by atoms with Crippen LogP contribution in [0.4, 0.5) is 16.6 Å². The maximum atomic E-state index is 12.7. The summed E-state index contributed by atoms with van der Waals surface area (Å²) in [5, 5.41) is 20.0. The highest BCUT2D eigenvalue weighted by Gasteiger charge is 2.33. The number of hydrogen-bond acceptors (Lipinski definition) is 10. The number of amides is 1. The van der Waals surface area contributed by atoms with Gasteiger partial charge >= 0.3 is 6.09 Å². The number of hydrogen-bond donors (Lipinski definition) is 2. The minimum atomic E-state index is -0.830. The Morgan fingerprint density at radius 3 is 2.10 bits per heavy atom. The number of unbranched alkanes of at least 4 members (excludes halogenated alkanes) is 1. The zero-order valence-corrected chi connectivity index (χ0v) is 29.0. The van der Waals surface area contributed by atoms with E-state index in [1.54, 1.807) is 29.8 Å². The molecule has 1 fully saturated rings. The van der Waals surface area contributed by atoms with Crippen molar-refractivity contribution in [2.75, 3.05) is 44.1 Å². The minimum absolute atomic E-state index is 0.0757. The molecule has 0 saturated carbocycles. The SMILES string of the molecule is CCCCNc1nc(N(Cc2ccc(OC)cc2)Cc2ccc(OC)cc2)c2ncc(C(O)C3CCN(C(=O)OC(C)(C)C)CC3)n2n1. The van der Waals surface area contributed by atoms with Gasteiger partial charge in [-0.05, 0) is 81.3 Å². The summed E-state index contributed by atoms with van der Waals surface area (Å²) in [6.07, 6.45) is 3.81. The number of likely N-dealkylation sites (tertiary alicyclic amines) is 1. The number of nitrogens with one attached hydrogen (secondary N) is 1. The van der Waals surface area contributed by atoms with Gasteiger partial charge in [-0.25, -0.2) is 14.3 Å². The molecule has 2 N–H and O–H groups in total. The fourth-order valence-corrected chi connectivity index (χ4v) is 5.82. The molecule has 12 heteroatoms.